The maximum atomic E-state index is 12.5. The zero-order valence-electron chi connectivity index (χ0n) is 15.9. The third-order valence-corrected chi connectivity index (χ3v) is 5.99. The molecule has 3 rings (SSSR count). The van der Waals surface area contributed by atoms with Gasteiger partial charge in [-0.3, -0.25) is 4.79 Å². The fraction of sp³-hybridized carbons (Fsp3) is 0.350. The van der Waals surface area contributed by atoms with Crippen LogP contribution in [-0.2, 0) is 22.8 Å². The smallest absolute Gasteiger partial charge is 0.251 e. The van der Waals surface area contributed by atoms with Crippen LogP contribution in [0, 0.1) is 0 Å². The molecule has 0 spiro atoms. The first-order chi connectivity index (χ1) is 13.2. The number of nitrogens with one attached hydrogen (secondary N) is 1. The molecule has 0 fully saturated rings. The summed E-state index contributed by atoms with van der Waals surface area (Å²) in [7, 11) is -3.53. The lowest BCUT2D eigenvalue weighted by molar-refractivity contribution is 0.0950. The molecule has 0 saturated heterocycles. The quantitative estimate of drug-likeness (QED) is 0.770. The number of halogens is 1. The summed E-state index contributed by atoms with van der Waals surface area (Å²) >= 11 is 5.94. The van der Waals surface area contributed by atoms with Crippen molar-refractivity contribution in [3.8, 4) is 11.5 Å². The lowest BCUT2D eigenvalue weighted by atomic mass is 10.1. The molecule has 1 atom stereocenters. The van der Waals surface area contributed by atoms with E-state index < -0.39 is 15.7 Å². The van der Waals surface area contributed by atoms with Crippen LogP contribution >= 0.6 is 11.6 Å². The van der Waals surface area contributed by atoms with Crippen LogP contribution in [0.5, 0.6) is 11.5 Å². The Hall–Kier alpha value is -2.25. The van der Waals surface area contributed by atoms with Gasteiger partial charge in [-0.05, 0) is 44.2 Å². The number of hydrogen-bond acceptors (Lipinski definition) is 5. The molecule has 2 aromatic rings. The van der Waals surface area contributed by atoms with E-state index in [4.69, 9.17) is 21.1 Å². The standard InChI is InChI=1S/C20H22ClNO5S/c1-4-26-17-8-14-7-12(2)27-18(14)9-15(17)11-22-20(23)13-5-6-16(21)19(10-13)28(3,24)25/h5-6,8-10,12H,4,7,11H2,1-3H3,(H,22,23). The molecule has 0 saturated carbocycles. The monoisotopic (exact) mass is 423 g/mol. The first-order valence-corrected chi connectivity index (χ1v) is 11.2. The van der Waals surface area contributed by atoms with Gasteiger partial charge < -0.3 is 14.8 Å². The van der Waals surface area contributed by atoms with Gasteiger partial charge in [-0.25, -0.2) is 8.42 Å². The molecule has 0 aliphatic carbocycles. The largest absolute Gasteiger partial charge is 0.494 e. The van der Waals surface area contributed by atoms with E-state index in [1.165, 1.54) is 18.2 Å². The predicted molar refractivity (Wildman–Crippen MR) is 107 cm³/mol. The summed E-state index contributed by atoms with van der Waals surface area (Å²) in [5, 5.41) is 2.89. The third-order valence-electron chi connectivity index (χ3n) is 4.41. The van der Waals surface area contributed by atoms with Crippen molar-refractivity contribution >= 4 is 27.3 Å². The van der Waals surface area contributed by atoms with Gasteiger partial charge >= 0.3 is 0 Å². The van der Waals surface area contributed by atoms with E-state index in [2.05, 4.69) is 5.32 Å². The molecule has 0 bridgehead atoms. The fourth-order valence-electron chi connectivity index (χ4n) is 3.12. The number of carbonyl (C=O) groups excluding carboxylic acids is 1. The van der Waals surface area contributed by atoms with E-state index in [9.17, 15) is 13.2 Å². The number of fused-ring (bicyclic) bond motifs is 1. The first kappa shape index (κ1) is 20.5. The molecular formula is C20H22ClNO5S. The van der Waals surface area contributed by atoms with Crippen LogP contribution in [0.3, 0.4) is 0 Å². The summed E-state index contributed by atoms with van der Waals surface area (Å²) in [5.74, 6) is 1.09. The molecular weight excluding hydrogens is 402 g/mol. The lowest BCUT2D eigenvalue weighted by Crippen LogP contribution is -2.23. The molecule has 0 aromatic heterocycles. The Morgan fingerprint density at radius 3 is 2.75 bits per heavy atom. The molecule has 8 heteroatoms. The third kappa shape index (κ3) is 4.42. The summed E-state index contributed by atoms with van der Waals surface area (Å²) in [4.78, 5) is 12.5. The van der Waals surface area contributed by atoms with Gasteiger partial charge in [0.25, 0.3) is 5.91 Å². The number of hydrogen-bond donors (Lipinski definition) is 1. The second kappa shape index (κ2) is 8.01. The van der Waals surface area contributed by atoms with Crippen LogP contribution in [0.15, 0.2) is 35.2 Å². The SMILES string of the molecule is CCOc1cc2c(cc1CNC(=O)c1ccc(Cl)c(S(C)(=O)=O)c1)OC(C)C2. The molecule has 2 aromatic carbocycles. The number of sulfone groups is 1. The lowest BCUT2D eigenvalue weighted by Gasteiger charge is -2.14. The molecule has 1 aliphatic heterocycles. The van der Waals surface area contributed by atoms with Crippen LogP contribution in [-0.4, -0.2) is 33.3 Å². The average molecular weight is 424 g/mol. The highest BCUT2D eigenvalue weighted by molar-refractivity contribution is 7.90. The van der Waals surface area contributed by atoms with Crippen LogP contribution in [0.1, 0.15) is 35.3 Å². The minimum absolute atomic E-state index is 0.0725. The van der Waals surface area contributed by atoms with Crippen LogP contribution < -0.4 is 14.8 Å². The highest BCUT2D eigenvalue weighted by atomic mass is 35.5. The Balaban J connectivity index is 1.81. The molecule has 6 nitrogen and oxygen atoms in total. The number of amides is 1. The van der Waals surface area contributed by atoms with Gasteiger partial charge in [0.2, 0.25) is 0 Å². The molecule has 0 radical (unpaired) electrons. The second-order valence-electron chi connectivity index (χ2n) is 6.73. The summed E-state index contributed by atoms with van der Waals surface area (Å²) in [6.07, 6.45) is 1.98. The first-order valence-electron chi connectivity index (χ1n) is 8.92. The Kier molecular flexibility index (Phi) is 5.86. The maximum Gasteiger partial charge on any atom is 0.251 e. The zero-order valence-corrected chi connectivity index (χ0v) is 17.5. The Labute approximate surface area is 169 Å². The van der Waals surface area contributed by atoms with E-state index in [1.54, 1.807) is 0 Å². The van der Waals surface area contributed by atoms with Crippen molar-refractivity contribution in [1.82, 2.24) is 5.32 Å². The summed E-state index contributed by atoms with van der Waals surface area (Å²) < 4.78 is 35.1. The van der Waals surface area contributed by atoms with Gasteiger partial charge in [0, 0.05) is 35.9 Å². The number of rotatable bonds is 6. The topological polar surface area (TPSA) is 81.7 Å². The molecule has 1 aliphatic rings. The summed E-state index contributed by atoms with van der Waals surface area (Å²) in [6, 6.07) is 8.01. The van der Waals surface area contributed by atoms with Crippen molar-refractivity contribution in [3.05, 3.63) is 52.0 Å². The van der Waals surface area contributed by atoms with Crippen molar-refractivity contribution in [1.29, 1.82) is 0 Å². The van der Waals surface area contributed by atoms with E-state index in [1.807, 2.05) is 26.0 Å². The van der Waals surface area contributed by atoms with Crippen molar-refractivity contribution in [2.24, 2.45) is 0 Å². The van der Waals surface area contributed by atoms with Gasteiger partial charge in [0.15, 0.2) is 9.84 Å². The Morgan fingerprint density at radius 2 is 2.07 bits per heavy atom. The molecule has 150 valence electrons. The number of ether oxygens (including phenoxy) is 2. The Morgan fingerprint density at radius 1 is 1.32 bits per heavy atom. The fourth-order valence-corrected chi connectivity index (χ4v) is 4.42. The van der Waals surface area contributed by atoms with E-state index in [0.717, 1.165) is 29.6 Å². The minimum atomic E-state index is -3.53. The van der Waals surface area contributed by atoms with Gasteiger partial charge in [-0.2, -0.15) is 0 Å². The van der Waals surface area contributed by atoms with Crippen LogP contribution in [0.25, 0.3) is 0 Å². The van der Waals surface area contributed by atoms with E-state index >= 15 is 0 Å². The Bertz CT molecular complexity index is 1020. The van der Waals surface area contributed by atoms with Gasteiger partial charge in [0.05, 0.1) is 16.5 Å². The normalized spacial score (nSPS) is 15.6. The summed E-state index contributed by atoms with van der Waals surface area (Å²) in [5.41, 5.74) is 2.09. The molecule has 1 unspecified atom stereocenters. The highest BCUT2D eigenvalue weighted by Gasteiger charge is 2.22. The number of benzene rings is 2. The van der Waals surface area contributed by atoms with Crippen molar-refractivity contribution in [2.75, 3.05) is 12.9 Å². The van der Waals surface area contributed by atoms with E-state index in [-0.39, 0.29) is 28.1 Å². The van der Waals surface area contributed by atoms with Crippen molar-refractivity contribution < 1.29 is 22.7 Å². The molecule has 28 heavy (non-hydrogen) atoms. The average Bonchev–Trinajstić information content (AvgIpc) is 2.98. The van der Waals surface area contributed by atoms with Crippen LogP contribution in [0.4, 0.5) is 0 Å². The van der Waals surface area contributed by atoms with Gasteiger partial charge in [0.1, 0.15) is 17.6 Å². The maximum absolute atomic E-state index is 12.5. The second-order valence-corrected chi connectivity index (χ2v) is 9.12. The van der Waals surface area contributed by atoms with E-state index in [0.29, 0.717) is 12.4 Å². The highest BCUT2D eigenvalue weighted by Crippen LogP contribution is 2.35. The predicted octanol–water partition coefficient (Wildman–Crippen LogP) is 3.40. The minimum Gasteiger partial charge on any atom is -0.494 e. The van der Waals surface area contributed by atoms with Gasteiger partial charge in [-0.1, -0.05) is 11.6 Å². The number of carbonyl (C=O) groups is 1. The molecule has 1 heterocycles. The summed E-state index contributed by atoms with van der Waals surface area (Å²) in [6.45, 7) is 4.62. The zero-order chi connectivity index (χ0) is 20.5. The molecule has 1 N–H and O–H groups in total. The van der Waals surface area contributed by atoms with Crippen molar-refractivity contribution in [3.63, 3.8) is 0 Å². The van der Waals surface area contributed by atoms with Gasteiger partial charge in [-0.15, -0.1) is 0 Å². The van der Waals surface area contributed by atoms with Crippen LogP contribution in [0.2, 0.25) is 5.02 Å². The van der Waals surface area contributed by atoms with Crippen molar-refractivity contribution in [2.45, 2.75) is 37.8 Å². The molecule has 1 amide bonds.